The molecule has 0 unspecified atom stereocenters. The van der Waals surface area contributed by atoms with E-state index in [-0.39, 0.29) is 6.61 Å². The van der Waals surface area contributed by atoms with E-state index in [4.69, 9.17) is 9.84 Å². The Morgan fingerprint density at radius 3 is 3.06 bits per heavy atom. The zero-order chi connectivity index (χ0) is 12.3. The van der Waals surface area contributed by atoms with Gasteiger partial charge >= 0.3 is 0 Å². The maximum Gasteiger partial charge on any atom is 0.0964 e. The van der Waals surface area contributed by atoms with Crippen LogP contribution in [-0.2, 0) is 17.8 Å². The van der Waals surface area contributed by atoms with E-state index >= 15 is 0 Å². The van der Waals surface area contributed by atoms with Gasteiger partial charge in [-0.1, -0.05) is 5.21 Å². The molecule has 0 aliphatic rings. The third-order valence-corrected chi connectivity index (χ3v) is 2.39. The van der Waals surface area contributed by atoms with Crippen LogP contribution in [0.25, 0.3) is 0 Å². The summed E-state index contributed by atoms with van der Waals surface area (Å²) in [5, 5.41) is 20.0. The van der Waals surface area contributed by atoms with Crippen molar-refractivity contribution in [3.8, 4) is 0 Å². The molecule has 0 bridgehead atoms. The Morgan fingerprint density at radius 1 is 1.41 bits per heavy atom. The molecule has 0 fully saturated rings. The summed E-state index contributed by atoms with van der Waals surface area (Å²) < 4.78 is 6.74. The Morgan fingerprint density at radius 2 is 2.29 bits per heavy atom. The fourth-order valence-corrected chi connectivity index (χ4v) is 1.47. The van der Waals surface area contributed by atoms with Gasteiger partial charge in [-0.15, -0.1) is 5.10 Å². The average molecular weight is 242 g/mol. The quantitative estimate of drug-likeness (QED) is 0.573. The first kappa shape index (κ1) is 14.1. The molecule has 6 heteroatoms. The van der Waals surface area contributed by atoms with E-state index in [0.29, 0.717) is 6.42 Å². The second-order valence-corrected chi connectivity index (χ2v) is 3.93. The number of aliphatic hydroxyl groups is 1. The van der Waals surface area contributed by atoms with Crippen LogP contribution in [0.1, 0.15) is 25.0 Å². The summed E-state index contributed by atoms with van der Waals surface area (Å²) >= 11 is 0. The van der Waals surface area contributed by atoms with Crippen LogP contribution in [0.3, 0.4) is 0 Å². The molecular formula is C11H22N4O2. The highest BCUT2D eigenvalue weighted by Gasteiger charge is 1.99. The van der Waals surface area contributed by atoms with E-state index in [1.807, 2.05) is 6.20 Å². The lowest BCUT2D eigenvalue weighted by Gasteiger charge is -2.01. The van der Waals surface area contributed by atoms with Gasteiger partial charge in [0, 0.05) is 39.6 Å². The molecule has 1 aromatic rings. The lowest BCUT2D eigenvalue weighted by atomic mass is 10.3. The Labute approximate surface area is 102 Å². The standard InChI is InChI=1S/C11H22N4O2/c1-17-8-3-2-5-12-9-11-10-15(14-13-11)6-4-7-16/h10,12,16H,2-9H2,1H3. The summed E-state index contributed by atoms with van der Waals surface area (Å²) in [6.45, 7) is 3.43. The first-order chi connectivity index (χ1) is 8.36. The van der Waals surface area contributed by atoms with Crippen molar-refractivity contribution in [2.24, 2.45) is 0 Å². The number of ether oxygens (including phenoxy) is 1. The minimum atomic E-state index is 0.187. The number of aryl methyl sites for hydroxylation is 1. The molecule has 0 aromatic carbocycles. The van der Waals surface area contributed by atoms with Gasteiger partial charge in [-0.25, -0.2) is 0 Å². The monoisotopic (exact) mass is 242 g/mol. The second kappa shape index (κ2) is 9.09. The highest BCUT2D eigenvalue weighted by Crippen LogP contribution is 1.95. The maximum atomic E-state index is 8.69. The molecule has 1 aromatic heterocycles. The number of nitrogens with one attached hydrogen (secondary N) is 1. The van der Waals surface area contributed by atoms with Crippen molar-refractivity contribution in [1.82, 2.24) is 20.3 Å². The fourth-order valence-electron chi connectivity index (χ4n) is 1.47. The van der Waals surface area contributed by atoms with E-state index in [2.05, 4.69) is 15.6 Å². The zero-order valence-corrected chi connectivity index (χ0v) is 10.4. The van der Waals surface area contributed by atoms with Crippen LogP contribution in [-0.4, -0.2) is 47.0 Å². The topological polar surface area (TPSA) is 72.2 Å². The lowest BCUT2D eigenvalue weighted by molar-refractivity contribution is 0.192. The number of unbranched alkanes of at least 4 members (excludes halogenated alkanes) is 1. The molecule has 0 spiro atoms. The molecule has 98 valence electrons. The minimum absolute atomic E-state index is 0.187. The number of hydrogen-bond acceptors (Lipinski definition) is 5. The normalized spacial score (nSPS) is 10.9. The van der Waals surface area contributed by atoms with Crippen LogP contribution in [0.4, 0.5) is 0 Å². The van der Waals surface area contributed by atoms with Gasteiger partial charge in [0.1, 0.15) is 0 Å². The zero-order valence-electron chi connectivity index (χ0n) is 10.4. The SMILES string of the molecule is COCCCCNCc1cn(CCCO)nn1. The predicted molar refractivity (Wildman–Crippen MR) is 64.5 cm³/mol. The van der Waals surface area contributed by atoms with Gasteiger partial charge in [-0.05, 0) is 25.8 Å². The molecule has 17 heavy (non-hydrogen) atoms. The summed E-state index contributed by atoms with van der Waals surface area (Å²) in [6.07, 6.45) is 4.81. The minimum Gasteiger partial charge on any atom is -0.396 e. The molecule has 0 atom stereocenters. The summed E-state index contributed by atoms with van der Waals surface area (Å²) in [7, 11) is 1.72. The number of aliphatic hydroxyl groups excluding tert-OH is 1. The van der Waals surface area contributed by atoms with Crippen LogP contribution >= 0.6 is 0 Å². The van der Waals surface area contributed by atoms with E-state index < -0.39 is 0 Å². The summed E-state index contributed by atoms with van der Waals surface area (Å²) in [6, 6.07) is 0. The van der Waals surface area contributed by atoms with Crippen LogP contribution in [0, 0.1) is 0 Å². The predicted octanol–water partition coefficient (Wildman–Crippen LogP) is 0.177. The highest BCUT2D eigenvalue weighted by atomic mass is 16.5. The molecule has 6 nitrogen and oxygen atoms in total. The molecule has 2 N–H and O–H groups in total. The van der Waals surface area contributed by atoms with Crippen molar-refractivity contribution in [3.63, 3.8) is 0 Å². The van der Waals surface area contributed by atoms with E-state index in [0.717, 1.165) is 44.8 Å². The molecule has 0 aliphatic carbocycles. The van der Waals surface area contributed by atoms with Crippen molar-refractivity contribution >= 4 is 0 Å². The molecule has 0 radical (unpaired) electrons. The number of hydrogen-bond donors (Lipinski definition) is 2. The molecule has 0 aliphatic heterocycles. The van der Waals surface area contributed by atoms with Crippen molar-refractivity contribution in [2.75, 3.05) is 26.9 Å². The average Bonchev–Trinajstić information content (AvgIpc) is 2.79. The highest BCUT2D eigenvalue weighted by molar-refractivity contribution is 4.91. The largest absolute Gasteiger partial charge is 0.396 e. The summed E-state index contributed by atoms with van der Waals surface area (Å²) in [5.74, 6) is 0. The van der Waals surface area contributed by atoms with Gasteiger partial charge in [0.15, 0.2) is 0 Å². The van der Waals surface area contributed by atoms with E-state index in [9.17, 15) is 0 Å². The molecular weight excluding hydrogens is 220 g/mol. The van der Waals surface area contributed by atoms with Crippen molar-refractivity contribution in [2.45, 2.75) is 32.4 Å². The smallest absolute Gasteiger partial charge is 0.0964 e. The van der Waals surface area contributed by atoms with Gasteiger partial charge < -0.3 is 15.2 Å². The summed E-state index contributed by atoms with van der Waals surface area (Å²) in [4.78, 5) is 0. The maximum absolute atomic E-state index is 8.69. The van der Waals surface area contributed by atoms with E-state index in [1.165, 1.54) is 0 Å². The Balaban J connectivity index is 2.08. The number of aromatic nitrogens is 3. The van der Waals surface area contributed by atoms with Gasteiger partial charge in [0.05, 0.1) is 5.69 Å². The molecule has 1 rings (SSSR count). The number of methoxy groups -OCH3 is 1. The van der Waals surface area contributed by atoms with Crippen molar-refractivity contribution in [1.29, 1.82) is 0 Å². The first-order valence-electron chi connectivity index (χ1n) is 6.06. The van der Waals surface area contributed by atoms with Crippen LogP contribution < -0.4 is 5.32 Å². The van der Waals surface area contributed by atoms with Gasteiger partial charge in [-0.3, -0.25) is 4.68 Å². The van der Waals surface area contributed by atoms with Crippen molar-refractivity contribution in [3.05, 3.63) is 11.9 Å². The number of rotatable bonds is 10. The van der Waals surface area contributed by atoms with E-state index in [1.54, 1.807) is 11.8 Å². The molecule has 0 amide bonds. The Hall–Kier alpha value is -0.980. The van der Waals surface area contributed by atoms with Gasteiger partial charge in [0.25, 0.3) is 0 Å². The Bertz CT molecular complexity index is 291. The van der Waals surface area contributed by atoms with Crippen LogP contribution in [0.2, 0.25) is 0 Å². The van der Waals surface area contributed by atoms with Crippen LogP contribution in [0.15, 0.2) is 6.20 Å². The fraction of sp³-hybridized carbons (Fsp3) is 0.818. The molecule has 1 heterocycles. The number of nitrogens with zero attached hydrogens (tertiary/aromatic N) is 3. The first-order valence-corrected chi connectivity index (χ1v) is 6.06. The van der Waals surface area contributed by atoms with Crippen molar-refractivity contribution < 1.29 is 9.84 Å². The van der Waals surface area contributed by atoms with Gasteiger partial charge in [0.2, 0.25) is 0 Å². The second-order valence-electron chi connectivity index (χ2n) is 3.93. The third kappa shape index (κ3) is 6.35. The summed E-state index contributed by atoms with van der Waals surface area (Å²) in [5.41, 5.74) is 0.940. The molecule has 0 saturated carbocycles. The Kier molecular flexibility index (Phi) is 7.53. The lowest BCUT2D eigenvalue weighted by Crippen LogP contribution is -2.15. The van der Waals surface area contributed by atoms with Crippen LogP contribution in [0.5, 0.6) is 0 Å². The molecule has 0 saturated heterocycles. The van der Waals surface area contributed by atoms with Gasteiger partial charge in [-0.2, -0.15) is 0 Å². The third-order valence-electron chi connectivity index (χ3n) is 2.39.